The molecule has 1 amide bonds. The molecule has 0 rings (SSSR count). The van der Waals surface area contributed by atoms with Crippen LogP contribution >= 0.6 is 12.6 Å². The third kappa shape index (κ3) is 2.58. The second-order valence-electron chi connectivity index (χ2n) is 2.28. The van der Waals surface area contributed by atoms with Crippen molar-refractivity contribution < 1.29 is 19.4 Å². The van der Waals surface area contributed by atoms with Crippen molar-refractivity contribution in [2.24, 2.45) is 5.73 Å². The van der Waals surface area contributed by atoms with Crippen molar-refractivity contribution in [2.45, 2.75) is 5.06 Å². The molecule has 0 aromatic heterocycles. The molecule has 3 N–H and O–H groups in total. The highest BCUT2D eigenvalue weighted by Gasteiger charge is 2.40. The van der Waals surface area contributed by atoms with Gasteiger partial charge in [-0.2, -0.15) is 0 Å². The second kappa shape index (κ2) is 4.45. The molecule has 13 heavy (non-hydrogen) atoms. The average molecular weight is 208 g/mol. The molecule has 0 saturated heterocycles. The predicted molar refractivity (Wildman–Crippen MR) is 47.8 cm³/mol. The first-order chi connectivity index (χ1) is 5.87. The smallest absolute Gasteiger partial charge is 0.370 e. The van der Waals surface area contributed by atoms with Crippen molar-refractivity contribution in [1.82, 2.24) is 4.90 Å². The van der Waals surface area contributed by atoms with Crippen molar-refractivity contribution in [2.75, 3.05) is 20.7 Å². The maximum atomic E-state index is 11.0. The Kier molecular flexibility index (Phi) is 4.18. The number of hydrogen-bond acceptors (Lipinski definition) is 6. The summed E-state index contributed by atoms with van der Waals surface area (Å²) >= 11 is 3.58. The number of amides is 1. The Morgan fingerprint density at radius 1 is 1.69 bits per heavy atom. The van der Waals surface area contributed by atoms with Gasteiger partial charge in [0.15, 0.2) is 0 Å². The second-order valence-corrected chi connectivity index (χ2v) is 2.91. The van der Waals surface area contributed by atoms with Crippen LogP contribution in [0.1, 0.15) is 0 Å². The summed E-state index contributed by atoms with van der Waals surface area (Å²) in [4.78, 5) is 22.6. The van der Waals surface area contributed by atoms with Crippen LogP contribution in [0.2, 0.25) is 0 Å². The number of esters is 1. The van der Waals surface area contributed by atoms with Crippen LogP contribution in [0.25, 0.3) is 0 Å². The Labute approximate surface area is 81.0 Å². The molecule has 0 spiro atoms. The lowest BCUT2D eigenvalue weighted by molar-refractivity contribution is -0.170. The maximum Gasteiger partial charge on any atom is 0.370 e. The molecule has 0 radical (unpaired) electrons. The van der Waals surface area contributed by atoms with Crippen LogP contribution in [0.3, 0.4) is 0 Å². The molecule has 0 aliphatic rings. The molecule has 1 unspecified atom stereocenters. The van der Waals surface area contributed by atoms with Crippen LogP contribution < -0.4 is 5.73 Å². The number of carbonyl (C=O) groups excluding carboxylic acids is 2. The highest BCUT2D eigenvalue weighted by molar-refractivity contribution is 7.82. The van der Waals surface area contributed by atoms with Gasteiger partial charge in [-0.05, 0) is 0 Å². The molecule has 0 saturated carbocycles. The van der Waals surface area contributed by atoms with E-state index < -0.39 is 16.9 Å². The van der Waals surface area contributed by atoms with Crippen molar-refractivity contribution >= 4 is 24.5 Å². The molecular weight excluding hydrogens is 196 g/mol. The minimum Gasteiger partial charge on any atom is -0.465 e. The maximum absolute atomic E-state index is 11.0. The van der Waals surface area contributed by atoms with Gasteiger partial charge in [-0.1, -0.05) is 0 Å². The number of nitrogens with zero attached hydrogens (tertiary/aromatic N) is 1. The van der Waals surface area contributed by atoms with Gasteiger partial charge >= 0.3 is 5.97 Å². The lowest BCUT2D eigenvalue weighted by Crippen LogP contribution is -2.53. The van der Waals surface area contributed by atoms with Gasteiger partial charge < -0.3 is 15.6 Å². The summed E-state index contributed by atoms with van der Waals surface area (Å²) in [5.41, 5.74) is 5.02. The molecule has 0 aromatic carbocycles. The van der Waals surface area contributed by atoms with E-state index in [9.17, 15) is 14.7 Å². The third-order valence-electron chi connectivity index (χ3n) is 1.48. The van der Waals surface area contributed by atoms with E-state index in [-0.39, 0.29) is 6.54 Å². The number of aliphatic hydroxyl groups is 1. The van der Waals surface area contributed by atoms with Gasteiger partial charge in [0, 0.05) is 7.05 Å². The van der Waals surface area contributed by atoms with Crippen LogP contribution in [0.15, 0.2) is 0 Å². The minimum absolute atomic E-state index is 0.323. The molecule has 6 nitrogen and oxygen atoms in total. The highest BCUT2D eigenvalue weighted by atomic mass is 32.1. The zero-order valence-electron chi connectivity index (χ0n) is 7.35. The van der Waals surface area contributed by atoms with E-state index in [1.54, 1.807) is 0 Å². The van der Waals surface area contributed by atoms with Gasteiger partial charge in [-0.25, -0.2) is 4.79 Å². The predicted octanol–water partition coefficient (Wildman–Crippen LogP) is -1.85. The number of methoxy groups -OCH3 is 1. The lowest BCUT2D eigenvalue weighted by atomic mass is 10.4. The zero-order chi connectivity index (χ0) is 10.6. The fourth-order valence-corrected chi connectivity index (χ4v) is 0.788. The molecule has 0 aliphatic heterocycles. The first kappa shape index (κ1) is 12.2. The standard InChI is InChI=1S/C6H12N2O4S/c1-8(4(9)3-7)6(11,13)5(10)12-2/h11,13H,3,7H2,1-2H3. The summed E-state index contributed by atoms with van der Waals surface area (Å²) in [5.74, 6) is -1.66. The summed E-state index contributed by atoms with van der Waals surface area (Å²) in [6.45, 7) is -0.323. The fraction of sp³-hybridized carbons (Fsp3) is 0.667. The van der Waals surface area contributed by atoms with Gasteiger partial charge in [-0.15, -0.1) is 12.6 Å². The average Bonchev–Trinajstić information content (AvgIpc) is 2.13. The van der Waals surface area contributed by atoms with E-state index >= 15 is 0 Å². The zero-order valence-corrected chi connectivity index (χ0v) is 8.25. The fourth-order valence-electron chi connectivity index (χ4n) is 0.585. The van der Waals surface area contributed by atoms with Gasteiger partial charge in [-0.3, -0.25) is 9.69 Å². The number of carbonyl (C=O) groups is 2. The van der Waals surface area contributed by atoms with E-state index in [1.807, 2.05) is 0 Å². The lowest BCUT2D eigenvalue weighted by Gasteiger charge is -2.29. The molecule has 0 bridgehead atoms. The van der Waals surface area contributed by atoms with Crippen molar-refractivity contribution in [3.63, 3.8) is 0 Å². The number of nitrogens with two attached hydrogens (primary N) is 1. The number of rotatable bonds is 3. The molecule has 76 valence electrons. The summed E-state index contributed by atoms with van der Waals surface area (Å²) in [6.07, 6.45) is 0. The quantitative estimate of drug-likeness (QED) is 0.288. The summed E-state index contributed by atoms with van der Waals surface area (Å²) in [6, 6.07) is 0. The van der Waals surface area contributed by atoms with Gasteiger partial charge in [0.05, 0.1) is 13.7 Å². The van der Waals surface area contributed by atoms with E-state index in [1.165, 1.54) is 7.05 Å². The molecule has 7 heteroatoms. The SMILES string of the molecule is COC(=O)C(O)(S)N(C)C(=O)CN. The van der Waals surface area contributed by atoms with Crippen LogP contribution in [0.4, 0.5) is 0 Å². The number of thiol groups is 1. The Morgan fingerprint density at radius 3 is 2.46 bits per heavy atom. The normalized spacial score (nSPS) is 14.5. The largest absolute Gasteiger partial charge is 0.465 e. The van der Waals surface area contributed by atoms with E-state index in [2.05, 4.69) is 17.4 Å². The van der Waals surface area contributed by atoms with E-state index in [0.29, 0.717) is 4.90 Å². The number of ether oxygens (including phenoxy) is 1. The Balaban J connectivity index is 4.62. The monoisotopic (exact) mass is 208 g/mol. The molecule has 0 aromatic rings. The van der Waals surface area contributed by atoms with Gasteiger partial charge in [0.2, 0.25) is 5.91 Å². The van der Waals surface area contributed by atoms with Crippen LogP contribution in [0, 0.1) is 0 Å². The topological polar surface area (TPSA) is 92.9 Å². The molecule has 1 atom stereocenters. The Morgan fingerprint density at radius 2 is 2.15 bits per heavy atom. The molecule has 0 heterocycles. The first-order valence-corrected chi connectivity index (χ1v) is 3.82. The molecule has 0 fully saturated rings. The summed E-state index contributed by atoms with van der Waals surface area (Å²) < 4.78 is 4.23. The van der Waals surface area contributed by atoms with Crippen molar-refractivity contribution in [1.29, 1.82) is 0 Å². The number of likely N-dealkylation sites (N-methyl/N-ethyl adjacent to an activating group) is 1. The highest BCUT2D eigenvalue weighted by Crippen LogP contribution is 2.16. The Bertz CT molecular complexity index is 219. The molecular formula is C6H12N2O4S. The first-order valence-electron chi connectivity index (χ1n) is 3.37. The van der Waals surface area contributed by atoms with Crippen molar-refractivity contribution in [3.8, 4) is 0 Å². The van der Waals surface area contributed by atoms with Crippen LogP contribution in [0.5, 0.6) is 0 Å². The van der Waals surface area contributed by atoms with Crippen LogP contribution in [-0.4, -0.2) is 47.6 Å². The third-order valence-corrected chi connectivity index (χ3v) is 1.96. The minimum atomic E-state index is -2.27. The Hall–Kier alpha value is -0.790. The van der Waals surface area contributed by atoms with E-state index in [0.717, 1.165) is 7.11 Å². The van der Waals surface area contributed by atoms with E-state index in [4.69, 9.17) is 5.73 Å². The van der Waals surface area contributed by atoms with Crippen molar-refractivity contribution in [3.05, 3.63) is 0 Å². The van der Waals surface area contributed by atoms with Crippen LogP contribution in [-0.2, 0) is 14.3 Å². The van der Waals surface area contributed by atoms with Gasteiger partial charge in [0.1, 0.15) is 0 Å². The summed E-state index contributed by atoms with van der Waals surface area (Å²) in [5, 5.41) is 7.12. The van der Waals surface area contributed by atoms with Gasteiger partial charge in [0.25, 0.3) is 5.06 Å². The summed E-state index contributed by atoms with van der Waals surface area (Å²) in [7, 11) is 2.27. The molecule has 0 aliphatic carbocycles. The number of hydrogen-bond donors (Lipinski definition) is 3.